The number of nitrogens with zero attached hydrogens (tertiary/aromatic N) is 4. The normalized spacial score (nSPS) is 14.9. The van der Waals surface area contributed by atoms with Crippen LogP contribution in [0.1, 0.15) is 12.1 Å². The molecule has 0 atom stereocenters. The van der Waals surface area contributed by atoms with Crippen molar-refractivity contribution in [2.45, 2.75) is 18.2 Å². The van der Waals surface area contributed by atoms with Crippen LogP contribution in [0.25, 0.3) is 33.4 Å². The second-order valence-electron chi connectivity index (χ2n) is 10.1. The number of hydrogen-bond donors (Lipinski definition) is 1. The lowest BCUT2D eigenvalue weighted by atomic mass is 10.1. The van der Waals surface area contributed by atoms with Crippen LogP contribution < -0.4 is 4.90 Å². The first-order valence-corrected chi connectivity index (χ1v) is 14.8. The Morgan fingerprint density at radius 3 is 2.31 bits per heavy atom. The lowest BCUT2D eigenvalue weighted by Crippen LogP contribution is -2.47. The molecule has 3 heterocycles. The number of halogens is 2. The number of aliphatic hydroxyl groups is 1. The van der Waals surface area contributed by atoms with E-state index in [1.165, 1.54) is 6.26 Å². The van der Waals surface area contributed by atoms with Crippen molar-refractivity contribution in [3.63, 3.8) is 0 Å². The molecule has 0 bridgehead atoms. The number of fused-ring (bicyclic) bond motifs is 1. The zero-order valence-electron chi connectivity index (χ0n) is 22.3. The smallest absolute Gasteiger partial charge is 0.182 e. The maximum Gasteiger partial charge on any atom is 0.182 e. The van der Waals surface area contributed by atoms with Gasteiger partial charge in [-0.1, -0.05) is 12.1 Å². The van der Waals surface area contributed by atoms with E-state index < -0.39 is 21.5 Å². The third kappa shape index (κ3) is 5.28. The first-order chi connectivity index (χ1) is 18.6. The Balaban J connectivity index is 1.46. The van der Waals surface area contributed by atoms with Crippen LogP contribution >= 0.6 is 0 Å². The molecule has 7 nitrogen and oxygen atoms in total. The fourth-order valence-electron chi connectivity index (χ4n) is 5.26. The van der Waals surface area contributed by atoms with E-state index in [0.717, 1.165) is 41.8 Å². The van der Waals surface area contributed by atoms with E-state index in [0.29, 0.717) is 30.9 Å². The number of rotatable bonds is 7. The van der Waals surface area contributed by atoms with E-state index in [-0.39, 0.29) is 22.8 Å². The van der Waals surface area contributed by atoms with Crippen LogP contribution in [0.4, 0.5) is 14.5 Å². The first-order valence-electron chi connectivity index (χ1n) is 12.9. The van der Waals surface area contributed by atoms with Gasteiger partial charge in [-0.25, -0.2) is 17.2 Å². The molecule has 39 heavy (non-hydrogen) atoms. The second kappa shape index (κ2) is 10.7. The monoisotopic (exact) mass is 554 g/mol. The molecule has 0 radical (unpaired) electrons. The van der Waals surface area contributed by atoms with E-state index in [4.69, 9.17) is 5.11 Å². The van der Waals surface area contributed by atoms with Crippen LogP contribution in [0, 0.1) is 18.6 Å². The van der Waals surface area contributed by atoms with Crippen LogP contribution in [0.15, 0.2) is 53.4 Å². The topological polar surface area (TPSA) is 78.7 Å². The molecule has 206 valence electrons. The second-order valence-corrected chi connectivity index (χ2v) is 12.1. The largest absolute Gasteiger partial charge is 0.396 e. The highest BCUT2D eigenvalue weighted by atomic mass is 32.2. The Kier molecular flexibility index (Phi) is 7.45. The molecule has 1 aliphatic rings. The summed E-state index contributed by atoms with van der Waals surface area (Å²) in [5.74, 6) is -1.80. The molecule has 1 aliphatic heterocycles. The van der Waals surface area contributed by atoms with Crippen LogP contribution in [0.3, 0.4) is 0 Å². The molecule has 1 N–H and O–H groups in total. The van der Waals surface area contributed by atoms with Gasteiger partial charge >= 0.3 is 0 Å². The Morgan fingerprint density at radius 1 is 0.974 bits per heavy atom. The number of aromatic nitrogens is 2. The quantitative estimate of drug-likeness (QED) is 0.365. The third-order valence-electron chi connectivity index (χ3n) is 7.49. The minimum absolute atomic E-state index is 0.100. The maximum absolute atomic E-state index is 15.4. The van der Waals surface area contributed by atoms with Gasteiger partial charge in [-0.05, 0) is 55.3 Å². The summed E-state index contributed by atoms with van der Waals surface area (Å²) in [5.41, 5.74) is 3.87. The number of benzene rings is 2. The van der Waals surface area contributed by atoms with Gasteiger partial charge in [-0.15, -0.1) is 0 Å². The number of hydrogen-bond acceptors (Lipinski definition) is 6. The van der Waals surface area contributed by atoms with E-state index >= 15 is 8.78 Å². The van der Waals surface area contributed by atoms with Crippen molar-refractivity contribution >= 4 is 26.4 Å². The molecule has 4 aromatic rings. The van der Waals surface area contributed by atoms with Crippen LogP contribution in [-0.4, -0.2) is 73.6 Å². The van der Waals surface area contributed by atoms with Crippen molar-refractivity contribution in [2.75, 3.05) is 50.5 Å². The van der Waals surface area contributed by atoms with Crippen molar-refractivity contribution in [3.8, 4) is 22.5 Å². The predicted octanol–water partition coefficient (Wildman–Crippen LogP) is 4.40. The minimum Gasteiger partial charge on any atom is -0.396 e. The molecule has 10 heteroatoms. The molecular formula is C29H32F2N4O3S. The highest BCUT2D eigenvalue weighted by Crippen LogP contribution is 2.35. The van der Waals surface area contributed by atoms with Gasteiger partial charge < -0.3 is 14.6 Å². The average Bonchev–Trinajstić information content (AvgIpc) is 3.25. The molecule has 0 unspecified atom stereocenters. The lowest BCUT2D eigenvalue weighted by molar-refractivity contribution is 0.215. The number of piperazine rings is 1. The van der Waals surface area contributed by atoms with Gasteiger partial charge in [0.1, 0.15) is 0 Å². The molecule has 2 aromatic heterocycles. The maximum atomic E-state index is 15.4. The summed E-state index contributed by atoms with van der Waals surface area (Å²) in [6.45, 7) is 5.40. The molecule has 1 saturated heterocycles. The minimum atomic E-state index is -3.30. The Morgan fingerprint density at radius 2 is 1.67 bits per heavy atom. The fourth-order valence-corrected chi connectivity index (χ4v) is 5.89. The van der Waals surface area contributed by atoms with Gasteiger partial charge in [-0.2, -0.15) is 0 Å². The van der Waals surface area contributed by atoms with Gasteiger partial charge in [0.2, 0.25) is 0 Å². The molecule has 0 spiro atoms. The fraction of sp³-hybridized carbons (Fsp3) is 0.345. The predicted molar refractivity (Wildman–Crippen MR) is 150 cm³/mol. The number of pyridine rings is 1. The Bertz CT molecular complexity index is 1630. The van der Waals surface area contributed by atoms with Crippen molar-refractivity contribution in [3.05, 3.63) is 65.9 Å². The number of anilines is 1. The van der Waals surface area contributed by atoms with Gasteiger partial charge in [0.05, 0.1) is 21.8 Å². The van der Waals surface area contributed by atoms with E-state index in [1.54, 1.807) is 42.5 Å². The summed E-state index contributed by atoms with van der Waals surface area (Å²) in [7, 11) is -1.42. The molecular weight excluding hydrogens is 522 g/mol. The molecule has 5 rings (SSSR count). The summed E-state index contributed by atoms with van der Waals surface area (Å²) in [6.07, 6.45) is 1.87. The van der Waals surface area contributed by atoms with E-state index in [2.05, 4.69) is 9.88 Å². The van der Waals surface area contributed by atoms with Crippen LogP contribution in [0.2, 0.25) is 0 Å². The van der Waals surface area contributed by atoms with E-state index in [9.17, 15) is 8.42 Å². The molecule has 0 saturated carbocycles. The summed E-state index contributed by atoms with van der Waals surface area (Å²) in [6, 6.07) is 13.6. The zero-order valence-corrected chi connectivity index (χ0v) is 23.1. The van der Waals surface area contributed by atoms with Crippen LogP contribution in [0.5, 0.6) is 0 Å². The average molecular weight is 555 g/mol. The number of aliphatic hydroxyl groups excluding tert-OH is 1. The van der Waals surface area contributed by atoms with Gasteiger partial charge in [0.25, 0.3) is 0 Å². The van der Waals surface area contributed by atoms with Crippen molar-refractivity contribution in [2.24, 2.45) is 7.05 Å². The van der Waals surface area contributed by atoms with Crippen molar-refractivity contribution in [1.82, 2.24) is 14.5 Å². The number of aryl methyl sites for hydroxylation is 2. The van der Waals surface area contributed by atoms with Crippen LogP contribution in [-0.2, 0) is 16.9 Å². The highest BCUT2D eigenvalue weighted by molar-refractivity contribution is 7.90. The molecule has 0 amide bonds. The van der Waals surface area contributed by atoms with Crippen molar-refractivity contribution in [1.29, 1.82) is 0 Å². The summed E-state index contributed by atoms with van der Waals surface area (Å²) in [5, 5.41) is 9.91. The highest BCUT2D eigenvalue weighted by Gasteiger charge is 2.24. The van der Waals surface area contributed by atoms with Gasteiger partial charge in [0, 0.05) is 75.0 Å². The summed E-state index contributed by atoms with van der Waals surface area (Å²) in [4.78, 5) is 8.93. The first kappa shape index (κ1) is 27.2. The SMILES string of the molecule is Cc1nc(-c2ccc(N3CCN(CCCO)CC3)c(F)c2F)cc2c1cc(-c1ccc(S(C)(=O)=O)cc1)n2C. The van der Waals surface area contributed by atoms with Gasteiger partial charge in [0.15, 0.2) is 21.5 Å². The lowest BCUT2D eigenvalue weighted by Gasteiger charge is -2.36. The van der Waals surface area contributed by atoms with Crippen molar-refractivity contribution < 1.29 is 22.3 Å². The molecule has 2 aromatic carbocycles. The van der Waals surface area contributed by atoms with E-state index in [1.807, 2.05) is 29.5 Å². The zero-order chi connectivity index (χ0) is 27.9. The Labute approximate surface area is 227 Å². The molecule has 1 fully saturated rings. The van der Waals surface area contributed by atoms with Gasteiger partial charge in [-0.3, -0.25) is 9.88 Å². The third-order valence-corrected chi connectivity index (χ3v) is 8.62. The molecule has 0 aliphatic carbocycles. The Hall–Kier alpha value is -3.34. The standard InChI is InChI=1S/C29H32F2N4O3S/c1-19-23-17-26(20-5-7-21(8-6-20)39(3,37)38)33(2)27(23)18-24(32-19)22-9-10-25(29(31)28(22)30)35-14-12-34(13-15-35)11-4-16-36/h5-10,17-18,36H,4,11-16H2,1-3H3. The summed E-state index contributed by atoms with van der Waals surface area (Å²) >= 11 is 0. The summed E-state index contributed by atoms with van der Waals surface area (Å²) < 4.78 is 56.4. The number of sulfone groups is 1.